The van der Waals surface area contributed by atoms with Gasteiger partial charge in [-0.1, -0.05) is 17.7 Å². The quantitative estimate of drug-likeness (QED) is 0.549. The molecule has 2 aromatic carbocycles. The minimum Gasteiger partial charge on any atom is -0.452 e. The molecule has 1 fully saturated rings. The number of halogens is 2. The largest absolute Gasteiger partial charge is 0.452 e. The maximum atomic E-state index is 13.6. The van der Waals surface area contributed by atoms with Gasteiger partial charge in [-0.05, 0) is 61.7 Å². The molecule has 2 aromatic rings. The molecule has 0 aromatic heterocycles. The van der Waals surface area contributed by atoms with Crippen molar-refractivity contribution in [3.05, 3.63) is 64.9 Å². The zero-order valence-electron chi connectivity index (χ0n) is 15.9. The summed E-state index contributed by atoms with van der Waals surface area (Å²) in [4.78, 5) is 26.1. The number of nitrogens with one attached hydrogen (secondary N) is 1. The molecule has 1 saturated heterocycles. The number of carbonyl (C=O) groups is 2. The highest BCUT2D eigenvalue weighted by atomic mass is 35.5. The molecule has 0 aliphatic carbocycles. The highest BCUT2D eigenvalue weighted by Crippen LogP contribution is 2.22. The summed E-state index contributed by atoms with van der Waals surface area (Å²) in [7, 11) is 0. The number of rotatable bonds is 6. The summed E-state index contributed by atoms with van der Waals surface area (Å²) in [6.45, 7) is 1.66. The van der Waals surface area contributed by atoms with Crippen LogP contribution in [0.5, 0.6) is 0 Å². The van der Waals surface area contributed by atoms with Gasteiger partial charge in [0.15, 0.2) is 6.61 Å². The summed E-state index contributed by atoms with van der Waals surface area (Å²) in [6, 6.07) is 11.8. The van der Waals surface area contributed by atoms with Crippen molar-refractivity contribution in [1.29, 1.82) is 0 Å². The number of piperidine rings is 1. The Hall–Kier alpha value is -2.86. The van der Waals surface area contributed by atoms with Gasteiger partial charge in [-0.3, -0.25) is 4.79 Å². The molecular formula is C22H22ClFN2O3. The van der Waals surface area contributed by atoms with E-state index in [2.05, 4.69) is 10.2 Å². The fourth-order valence-electron chi connectivity index (χ4n) is 3.11. The summed E-state index contributed by atoms with van der Waals surface area (Å²) in [5, 5.41) is 2.86. The molecule has 0 unspecified atom stereocenters. The molecule has 0 spiro atoms. The van der Waals surface area contributed by atoms with Crippen molar-refractivity contribution in [2.24, 2.45) is 0 Å². The lowest BCUT2D eigenvalue weighted by Gasteiger charge is -2.28. The normalized spacial score (nSPS) is 14.1. The van der Waals surface area contributed by atoms with Crippen LogP contribution < -0.4 is 10.2 Å². The average Bonchev–Trinajstić information content (AvgIpc) is 2.73. The second-order valence-electron chi connectivity index (χ2n) is 6.72. The number of amides is 1. The molecule has 5 nitrogen and oxygen atoms in total. The number of hydrogen-bond donors (Lipinski definition) is 1. The third kappa shape index (κ3) is 6.06. The Labute approximate surface area is 174 Å². The first kappa shape index (κ1) is 20.9. The van der Waals surface area contributed by atoms with Crippen LogP contribution in [0.1, 0.15) is 24.8 Å². The highest BCUT2D eigenvalue weighted by molar-refractivity contribution is 6.32. The van der Waals surface area contributed by atoms with Gasteiger partial charge < -0.3 is 15.0 Å². The van der Waals surface area contributed by atoms with Crippen molar-refractivity contribution in [2.75, 3.05) is 29.9 Å². The van der Waals surface area contributed by atoms with Crippen LogP contribution in [0.3, 0.4) is 0 Å². The Balaban J connectivity index is 1.47. The predicted octanol–water partition coefficient (Wildman–Crippen LogP) is 4.66. The van der Waals surface area contributed by atoms with Gasteiger partial charge in [-0.25, -0.2) is 9.18 Å². The summed E-state index contributed by atoms with van der Waals surface area (Å²) < 4.78 is 18.5. The number of esters is 1. The molecule has 1 amide bonds. The topological polar surface area (TPSA) is 58.6 Å². The van der Waals surface area contributed by atoms with Crippen LogP contribution in [-0.4, -0.2) is 31.6 Å². The zero-order chi connectivity index (χ0) is 20.6. The lowest BCUT2D eigenvalue weighted by Crippen LogP contribution is -2.29. The van der Waals surface area contributed by atoms with Crippen LogP contribution >= 0.6 is 11.6 Å². The van der Waals surface area contributed by atoms with Gasteiger partial charge in [-0.15, -0.1) is 0 Å². The molecule has 29 heavy (non-hydrogen) atoms. The maximum absolute atomic E-state index is 13.6. The van der Waals surface area contributed by atoms with E-state index in [1.54, 1.807) is 0 Å². The van der Waals surface area contributed by atoms with Gasteiger partial charge in [0.1, 0.15) is 5.82 Å². The molecule has 0 radical (unpaired) electrons. The van der Waals surface area contributed by atoms with Crippen LogP contribution in [0.4, 0.5) is 15.8 Å². The van der Waals surface area contributed by atoms with E-state index in [1.807, 2.05) is 24.3 Å². The Morgan fingerprint density at radius 1 is 1.10 bits per heavy atom. The molecule has 1 heterocycles. The third-order valence-corrected chi connectivity index (χ3v) is 4.93. The predicted molar refractivity (Wildman–Crippen MR) is 113 cm³/mol. The minimum absolute atomic E-state index is 0.0874. The van der Waals surface area contributed by atoms with Crippen LogP contribution in [-0.2, 0) is 14.3 Å². The molecule has 152 valence electrons. The van der Waals surface area contributed by atoms with E-state index in [0.717, 1.165) is 24.9 Å². The van der Waals surface area contributed by atoms with E-state index in [4.69, 9.17) is 16.3 Å². The molecule has 0 bridgehead atoms. The van der Waals surface area contributed by atoms with E-state index in [0.29, 0.717) is 5.69 Å². The number of ether oxygens (including phenoxy) is 1. The maximum Gasteiger partial charge on any atom is 0.331 e. The Bertz CT molecular complexity index is 873. The van der Waals surface area contributed by atoms with Crippen molar-refractivity contribution < 1.29 is 18.7 Å². The molecule has 1 N–H and O–H groups in total. The van der Waals surface area contributed by atoms with Crippen LogP contribution in [0, 0.1) is 5.82 Å². The van der Waals surface area contributed by atoms with E-state index in [1.165, 1.54) is 43.5 Å². The van der Waals surface area contributed by atoms with Gasteiger partial charge in [0.25, 0.3) is 5.91 Å². The third-order valence-electron chi connectivity index (χ3n) is 4.60. The Morgan fingerprint density at radius 3 is 2.52 bits per heavy atom. The molecule has 3 rings (SSSR count). The van der Waals surface area contributed by atoms with E-state index in [9.17, 15) is 14.0 Å². The average molecular weight is 417 g/mol. The standard InChI is InChI=1S/C22H22ClFN2O3/c23-19-5-4-6-20(24)18(19)11-12-22(28)29-15-21(27)25-16-7-9-17(10-8-16)26-13-2-1-3-14-26/h4-12H,1-3,13-15H2,(H,25,27). The van der Waals surface area contributed by atoms with E-state index in [-0.39, 0.29) is 10.6 Å². The first-order valence-electron chi connectivity index (χ1n) is 9.46. The monoisotopic (exact) mass is 416 g/mol. The molecule has 1 aliphatic heterocycles. The molecule has 1 aliphatic rings. The SMILES string of the molecule is O=C(COC(=O)C=Cc1c(F)cccc1Cl)Nc1ccc(N2CCCCC2)cc1. The molecule has 0 atom stereocenters. The Morgan fingerprint density at radius 2 is 1.83 bits per heavy atom. The van der Waals surface area contributed by atoms with Gasteiger partial charge in [0.2, 0.25) is 0 Å². The van der Waals surface area contributed by atoms with Crippen LogP contribution in [0.2, 0.25) is 5.02 Å². The number of anilines is 2. The number of benzene rings is 2. The van der Waals surface area contributed by atoms with Gasteiger partial charge in [0, 0.05) is 36.1 Å². The Kier molecular flexibility index (Phi) is 7.25. The first-order chi connectivity index (χ1) is 14.0. The number of hydrogen-bond acceptors (Lipinski definition) is 4. The van der Waals surface area contributed by atoms with Crippen molar-refractivity contribution in [1.82, 2.24) is 0 Å². The molecular weight excluding hydrogens is 395 g/mol. The number of nitrogens with zero attached hydrogens (tertiary/aromatic N) is 1. The molecule has 0 saturated carbocycles. The molecule has 7 heteroatoms. The van der Waals surface area contributed by atoms with Crippen molar-refractivity contribution >= 4 is 40.9 Å². The summed E-state index contributed by atoms with van der Waals surface area (Å²) in [6.07, 6.45) is 5.91. The van der Waals surface area contributed by atoms with Gasteiger partial charge in [-0.2, -0.15) is 0 Å². The second kappa shape index (κ2) is 10.1. The second-order valence-corrected chi connectivity index (χ2v) is 7.13. The zero-order valence-corrected chi connectivity index (χ0v) is 16.6. The fraction of sp³-hybridized carbons (Fsp3) is 0.273. The minimum atomic E-state index is -0.764. The fourth-order valence-corrected chi connectivity index (χ4v) is 3.34. The smallest absolute Gasteiger partial charge is 0.331 e. The van der Waals surface area contributed by atoms with Crippen LogP contribution in [0.25, 0.3) is 6.08 Å². The van der Waals surface area contributed by atoms with Crippen LogP contribution in [0.15, 0.2) is 48.5 Å². The van der Waals surface area contributed by atoms with Crippen molar-refractivity contribution in [3.8, 4) is 0 Å². The van der Waals surface area contributed by atoms with E-state index >= 15 is 0 Å². The van der Waals surface area contributed by atoms with Crippen molar-refractivity contribution in [2.45, 2.75) is 19.3 Å². The lowest BCUT2D eigenvalue weighted by molar-refractivity contribution is -0.142. The first-order valence-corrected chi connectivity index (χ1v) is 9.84. The van der Waals surface area contributed by atoms with Gasteiger partial charge in [0.05, 0.1) is 5.02 Å². The van der Waals surface area contributed by atoms with Crippen molar-refractivity contribution in [3.63, 3.8) is 0 Å². The summed E-state index contributed by atoms with van der Waals surface area (Å²) in [5.74, 6) is -1.77. The number of carbonyl (C=O) groups excluding carboxylic acids is 2. The summed E-state index contributed by atoms with van der Waals surface area (Å²) in [5.41, 5.74) is 1.84. The van der Waals surface area contributed by atoms with E-state index < -0.39 is 24.3 Å². The van der Waals surface area contributed by atoms with Gasteiger partial charge >= 0.3 is 5.97 Å². The highest BCUT2D eigenvalue weighted by Gasteiger charge is 2.11. The summed E-state index contributed by atoms with van der Waals surface area (Å²) >= 11 is 5.88. The lowest BCUT2D eigenvalue weighted by atomic mass is 10.1.